The van der Waals surface area contributed by atoms with Gasteiger partial charge < -0.3 is 9.16 Å². The molecule has 0 spiro atoms. The molecule has 0 amide bonds. The molecular weight excluding hydrogens is 332 g/mol. The number of alkyl halides is 1. The number of ether oxygens (including phenoxy) is 1. The highest BCUT2D eigenvalue weighted by molar-refractivity contribution is 9.09. The predicted molar refractivity (Wildman–Crippen MR) is 91.2 cm³/mol. The van der Waals surface area contributed by atoms with Crippen molar-refractivity contribution in [2.75, 3.05) is 11.9 Å². The first-order valence-corrected chi connectivity index (χ1v) is 10.6. The molecule has 0 N–H and O–H groups in total. The molecule has 1 unspecified atom stereocenters. The van der Waals surface area contributed by atoms with Gasteiger partial charge >= 0.3 is 0 Å². The van der Waals surface area contributed by atoms with E-state index in [0.717, 1.165) is 17.5 Å². The van der Waals surface area contributed by atoms with Crippen molar-refractivity contribution in [2.45, 2.75) is 46.4 Å². The third-order valence-corrected chi connectivity index (χ3v) is 4.18. The Hall–Kier alpha value is -0.323. The second kappa shape index (κ2) is 8.20. The van der Waals surface area contributed by atoms with Crippen LogP contribution in [0.4, 0.5) is 0 Å². The first-order valence-electron chi connectivity index (χ1n) is 7.07. The molecule has 4 heteroatoms. The lowest BCUT2D eigenvalue weighted by atomic mass is 9.90. The number of aryl methyl sites for hydroxylation is 1. The van der Waals surface area contributed by atoms with E-state index in [1.165, 1.54) is 5.56 Å². The van der Waals surface area contributed by atoms with Gasteiger partial charge in [-0.15, -0.1) is 0 Å². The van der Waals surface area contributed by atoms with Crippen molar-refractivity contribution in [1.82, 2.24) is 0 Å². The van der Waals surface area contributed by atoms with E-state index >= 15 is 0 Å². The van der Waals surface area contributed by atoms with Crippen LogP contribution in [0.5, 0.6) is 5.75 Å². The van der Waals surface area contributed by atoms with Crippen molar-refractivity contribution in [2.24, 2.45) is 5.41 Å². The van der Waals surface area contributed by atoms with E-state index in [1.807, 2.05) is 6.07 Å². The van der Waals surface area contributed by atoms with Crippen molar-refractivity contribution in [3.8, 4) is 5.75 Å². The highest BCUT2D eigenvalue weighted by Gasteiger charge is 2.27. The Morgan fingerprint density at radius 1 is 1.25 bits per heavy atom. The fraction of sp³-hybridized carbons (Fsp3) is 0.625. The van der Waals surface area contributed by atoms with Crippen LogP contribution in [0.1, 0.15) is 26.3 Å². The van der Waals surface area contributed by atoms with Crippen molar-refractivity contribution in [3.63, 3.8) is 0 Å². The van der Waals surface area contributed by atoms with E-state index in [-0.39, 0.29) is 11.5 Å². The molecule has 0 saturated heterocycles. The molecule has 2 nitrogen and oxygen atoms in total. The van der Waals surface area contributed by atoms with E-state index in [9.17, 15) is 0 Å². The quantitative estimate of drug-likeness (QED) is 0.520. The molecule has 113 valence electrons. The number of rotatable bonds is 7. The molecule has 0 saturated carbocycles. The molecule has 0 fully saturated rings. The van der Waals surface area contributed by atoms with Crippen molar-refractivity contribution < 1.29 is 9.16 Å². The van der Waals surface area contributed by atoms with E-state index in [2.05, 4.69) is 68.0 Å². The summed E-state index contributed by atoms with van der Waals surface area (Å²) in [5.74, 6) is 0.933. The van der Waals surface area contributed by atoms with Crippen molar-refractivity contribution in [3.05, 3.63) is 29.8 Å². The zero-order chi connectivity index (χ0) is 15.2. The third kappa shape index (κ3) is 6.42. The van der Waals surface area contributed by atoms with Crippen molar-refractivity contribution in [1.29, 1.82) is 0 Å². The topological polar surface area (TPSA) is 18.5 Å². The Kier molecular flexibility index (Phi) is 7.27. The van der Waals surface area contributed by atoms with Gasteiger partial charge in [0.2, 0.25) is 9.04 Å². The Morgan fingerprint density at radius 2 is 1.95 bits per heavy atom. The van der Waals surface area contributed by atoms with E-state index < -0.39 is 9.04 Å². The second-order valence-corrected chi connectivity index (χ2v) is 9.12. The molecule has 0 bridgehead atoms. The number of halogens is 1. The van der Waals surface area contributed by atoms with Crippen LogP contribution in [-0.2, 0) is 10.8 Å². The lowest BCUT2D eigenvalue weighted by Crippen LogP contribution is -2.38. The predicted octanol–water partition coefficient (Wildman–Crippen LogP) is 4.69. The van der Waals surface area contributed by atoms with Crippen LogP contribution >= 0.6 is 15.9 Å². The van der Waals surface area contributed by atoms with E-state index in [0.29, 0.717) is 6.61 Å². The number of hydrogen-bond donors (Lipinski definition) is 0. The van der Waals surface area contributed by atoms with Gasteiger partial charge in [0.05, 0.1) is 6.10 Å². The Morgan fingerprint density at radius 3 is 2.50 bits per heavy atom. The lowest BCUT2D eigenvalue weighted by Gasteiger charge is -2.32. The summed E-state index contributed by atoms with van der Waals surface area (Å²) < 4.78 is 12.0. The fourth-order valence-electron chi connectivity index (χ4n) is 1.82. The van der Waals surface area contributed by atoms with Gasteiger partial charge in [-0.05, 0) is 42.6 Å². The highest BCUT2D eigenvalue weighted by Crippen LogP contribution is 2.24. The first kappa shape index (κ1) is 17.7. The smallest absolute Gasteiger partial charge is 0.205 e. The summed E-state index contributed by atoms with van der Waals surface area (Å²) in [6.45, 7) is 11.5. The van der Waals surface area contributed by atoms with Crippen molar-refractivity contribution >= 4 is 25.0 Å². The summed E-state index contributed by atoms with van der Waals surface area (Å²) >= 11 is 3.47. The summed E-state index contributed by atoms with van der Waals surface area (Å²) in [5.41, 5.74) is 1.39. The van der Waals surface area contributed by atoms with Gasteiger partial charge in [-0.3, -0.25) is 0 Å². The Balaban J connectivity index is 2.65. The van der Waals surface area contributed by atoms with Gasteiger partial charge in [0.1, 0.15) is 12.4 Å². The highest BCUT2D eigenvalue weighted by atomic mass is 79.9. The average Bonchev–Trinajstić information content (AvgIpc) is 2.33. The average molecular weight is 358 g/mol. The minimum absolute atomic E-state index is 0.0927. The molecule has 0 aromatic heterocycles. The maximum atomic E-state index is 6.08. The van der Waals surface area contributed by atoms with Crippen LogP contribution in [0.3, 0.4) is 0 Å². The maximum Gasteiger partial charge on any atom is 0.205 e. The lowest BCUT2D eigenvalue weighted by molar-refractivity contribution is 0.0412. The Bertz CT molecular complexity index is 402. The molecule has 0 aliphatic rings. The van der Waals surface area contributed by atoms with Gasteiger partial charge in [0.15, 0.2) is 0 Å². The van der Waals surface area contributed by atoms with Gasteiger partial charge in [-0.1, -0.05) is 48.8 Å². The van der Waals surface area contributed by atoms with Crippen LogP contribution in [-0.4, -0.2) is 27.1 Å². The molecule has 0 aliphatic heterocycles. The van der Waals surface area contributed by atoms with E-state index in [4.69, 9.17) is 9.16 Å². The largest absolute Gasteiger partial charge is 0.491 e. The minimum atomic E-state index is -0.722. The minimum Gasteiger partial charge on any atom is -0.491 e. The summed E-state index contributed by atoms with van der Waals surface area (Å²) in [4.78, 5) is 0. The van der Waals surface area contributed by atoms with Crippen LogP contribution in [0.25, 0.3) is 0 Å². The molecule has 0 heterocycles. The zero-order valence-corrected chi connectivity index (χ0v) is 15.8. The Labute approximate surface area is 133 Å². The van der Waals surface area contributed by atoms with Crippen LogP contribution < -0.4 is 4.74 Å². The van der Waals surface area contributed by atoms with Crippen LogP contribution in [0.15, 0.2) is 24.3 Å². The molecule has 1 rings (SSSR count). The summed E-state index contributed by atoms with van der Waals surface area (Å²) in [5, 5.41) is 0.974. The first-order chi connectivity index (χ1) is 9.32. The molecule has 1 atom stereocenters. The standard InChI is InChI=1S/C16H26BrO2Si/c1-16(2,3)15(19-20(4)5)12-18-14-8-6-7-13(11-14)9-10-17/h6-8,11,15H,9-10,12H2,1-5H3. The molecule has 1 radical (unpaired) electrons. The second-order valence-electron chi connectivity index (χ2n) is 6.28. The van der Waals surface area contributed by atoms with Gasteiger partial charge in [0, 0.05) is 5.33 Å². The SMILES string of the molecule is C[Si](C)OC(COc1cccc(CCBr)c1)C(C)(C)C. The number of benzene rings is 1. The van der Waals surface area contributed by atoms with Gasteiger partial charge in [0.25, 0.3) is 0 Å². The summed E-state index contributed by atoms with van der Waals surface area (Å²) in [6.07, 6.45) is 1.15. The van der Waals surface area contributed by atoms with Crippen LogP contribution in [0.2, 0.25) is 13.1 Å². The maximum absolute atomic E-state index is 6.08. The van der Waals surface area contributed by atoms with E-state index in [1.54, 1.807) is 0 Å². The van der Waals surface area contributed by atoms with Gasteiger partial charge in [-0.25, -0.2) is 0 Å². The molecular formula is C16H26BrO2Si. The monoisotopic (exact) mass is 357 g/mol. The zero-order valence-electron chi connectivity index (χ0n) is 13.2. The molecule has 0 aliphatic carbocycles. The fourth-order valence-corrected chi connectivity index (χ4v) is 3.27. The van der Waals surface area contributed by atoms with Gasteiger partial charge in [-0.2, -0.15) is 0 Å². The third-order valence-electron chi connectivity index (χ3n) is 3.03. The summed E-state index contributed by atoms with van der Waals surface area (Å²) in [7, 11) is -0.722. The van der Waals surface area contributed by atoms with Crippen LogP contribution in [0, 0.1) is 5.41 Å². The normalized spacial score (nSPS) is 13.6. The molecule has 20 heavy (non-hydrogen) atoms. The number of hydrogen-bond acceptors (Lipinski definition) is 2. The molecule has 1 aromatic carbocycles. The summed E-state index contributed by atoms with van der Waals surface area (Å²) in [6, 6.07) is 8.31. The molecule has 1 aromatic rings.